The van der Waals surface area contributed by atoms with Crippen LogP contribution in [0.1, 0.15) is 77.0 Å². The second kappa shape index (κ2) is 7.88. The molecule has 0 spiro atoms. The van der Waals surface area contributed by atoms with Crippen molar-refractivity contribution in [3.63, 3.8) is 0 Å². The van der Waals surface area contributed by atoms with Crippen LogP contribution in [0.5, 0.6) is 0 Å². The molecule has 0 radical (unpaired) electrons. The summed E-state index contributed by atoms with van der Waals surface area (Å²) >= 11 is 0. The Kier molecular flexibility index (Phi) is 6.15. The summed E-state index contributed by atoms with van der Waals surface area (Å²) in [5.74, 6) is 0.912. The van der Waals surface area contributed by atoms with Crippen LogP contribution in [-0.2, 0) is 4.79 Å². The topological polar surface area (TPSA) is 49.3 Å². The summed E-state index contributed by atoms with van der Waals surface area (Å²) in [5.41, 5.74) is 0. The molecule has 0 aromatic carbocycles. The maximum atomic E-state index is 12.0. The van der Waals surface area contributed by atoms with Crippen molar-refractivity contribution in [1.82, 2.24) is 5.32 Å². The normalized spacial score (nSPS) is 29.7. The van der Waals surface area contributed by atoms with E-state index >= 15 is 0 Å². The van der Waals surface area contributed by atoms with Crippen LogP contribution in [-0.4, -0.2) is 23.2 Å². The highest BCUT2D eigenvalue weighted by atomic mass is 16.3. The van der Waals surface area contributed by atoms with Gasteiger partial charge in [-0.05, 0) is 25.2 Å². The first-order chi connectivity index (χ1) is 9.25. The number of aliphatic hydroxyl groups excluding tert-OH is 1. The summed E-state index contributed by atoms with van der Waals surface area (Å²) in [6.45, 7) is 0. The van der Waals surface area contributed by atoms with Gasteiger partial charge in [-0.1, -0.05) is 51.4 Å². The van der Waals surface area contributed by atoms with Gasteiger partial charge in [0, 0.05) is 6.42 Å². The average molecular weight is 267 g/mol. The molecule has 2 fully saturated rings. The van der Waals surface area contributed by atoms with Gasteiger partial charge in [0.25, 0.3) is 0 Å². The van der Waals surface area contributed by atoms with E-state index in [9.17, 15) is 9.90 Å². The number of nitrogens with one attached hydrogen (secondary N) is 1. The SMILES string of the molecule is O=C(CCC1CCCCC1)NC1CCCCCC1O. The van der Waals surface area contributed by atoms with Gasteiger partial charge in [0.05, 0.1) is 12.1 Å². The van der Waals surface area contributed by atoms with E-state index in [0.29, 0.717) is 6.42 Å². The van der Waals surface area contributed by atoms with Crippen LogP contribution in [0.15, 0.2) is 0 Å². The molecule has 2 saturated carbocycles. The smallest absolute Gasteiger partial charge is 0.220 e. The molecule has 0 aliphatic heterocycles. The van der Waals surface area contributed by atoms with Crippen LogP contribution in [0, 0.1) is 5.92 Å². The minimum atomic E-state index is -0.332. The molecule has 0 heterocycles. The summed E-state index contributed by atoms with van der Waals surface area (Å²) in [6.07, 6.45) is 13.2. The Morgan fingerprint density at radius 3 is 2.32 bits per heavy atom. The number of rotatable bonds is 4. The van der Waals surface area contributed by atoms with Gasteiger partial charge in [-0.2, -0.15) is 0 Å². The minimum Gasteiger partial charge on any atom is -0.391 e. The first-order valence-corrected chi connectivity index (χ1v) is 8.23. The maximum Gasteiger partial charge on any atom is 0.220 e. The molecule has 2 aliphatic carbocycles. The summed E-state index contributed by atoms with van der Waals surface area (Å²) < 4.78 is 0. The summed E-state index contributed by atoms with van der Waals surface area (Å²) in [4.78, 5) is 12.0. The molecule has 0 saturated heterocycles. The number of hydrogen-bond donors (Lipinski definition) is 2. The van der Waals surface area contributed by atoms with Crippen molar-refractivity contribution in [2.45, 2.75) is 89.2 Å². The fourth-order valence-corrected chi connectivity index (χ4v) is 3.55. The lowest BCUT2D eigenvalue weighted by Gasteiger charge is -2.24. The van der Waals surface area contributed by atoms with E-state index in [2.05, 4.69) is 5.32 Å². The van der Waals surface area contributed by atoms with Gasteiger partial charge in [0.1, 0.15) is 0 Å². The van der Waals surface area contributed by atoms with Crippen LogP contribution in [0.4, 0.5) is 0 Å². The standard InChI is InChI=1S/C16H29NO2/c18-15-10-6-2-5-9-14(15)17-16(19)12-11-13-7-3-1-4-8-13/h13-15,18H,1-12H2,(H,17,19). The van der Waals surface area contributed by atoms with Crippen LogP contribution in [0.2, 0.25) is 0 Å². The van der Waals surface area contributed by atoms with Gasteiger partial charge in [0.2, 0.25) is 5.91 Å². The van der Waals surface area contributed by atoms with Crippen molar-refractivity contribution >= 4 is 5.91 Å². The Morgan fingerprint density at radius 2 is 1.58 bits per heavy atom. The van der Waals surface area contributed by atoms with Crippen molar-refractivity contribution in [3.8, 4) is 0 Å². The van der Waals surface area contributed by atoms with E-state index in [4.69, 9.17) is 0 Å². The van der Waals surface area contributed by atoms with Gasteiger partial charge in [-0.15, -0.1) is 0 Å². The Hall–Kier alpha value is -0.570. The first kappa shape index (κ1) is 14.8. The zero-order valence-corrected chi connectivity index (χ0v) is 12.1. The van der Waals surface area contributed by atoms with E-state index in [1.807, 2.05) is 0 Å². The van der Waals surface area contributed by atoms with Crippen molar-refractivity contribution in [3.05, 3.63) is 0 Å². The van der Waals surface area contributed by atoms with Crippen LogP contribution < -0.4 is 5.32 Å². The first-order valence-electron chi connectivity index (χ1n) is 8.23. The Morgan fingerprint density at radius 1 is 0.947 bits per heavy atom. The third-order valence-electron chi connectivity index (χ3n) is 4.83. The van der Waals surface area contributed by atoms with Crippen LogP contribution in [0.3, 0.4) is 0 Å². The van der Waals surface area contributed by atoms with E-state index < -0.39 is 0 Å². The van der Waals surface area contributed by atoms with Gasteiger partial charge >= 0.3 is 0 Å². The van der Waals surface area contributed by atoms with Crippen molar-refractivity contribution in [1.29, 1.82) is 0 Å². The Balaban J connectivity index is 1.67. The monoisotopic (exact) mass is 267 g/mol. The van der Waals surface area contributed by atoms with E-state index in [1.165, 1.54) is 38.5 Å². The zero-order chi connectivity index (χ0) is 13.5. The summed E-state index contributed by atoms with van der Waals surface area (Å²) in [5, 5.41) is 13.1. The van der Waals surface area contributed by atoms with Gasteiger partial charge in [-0.3, -0.25) is 4.79 Å². The lowest BCUT2D eigenvalue weighted by Crippen LogP contribution is -2.42. The molecule has 0 aromatic rings. The molecule has 2 atom stereocenters. The molecule has 0 aromatic heterocycles. The van der Waals surface area contributed by atoms with Crippen molar-refractivity contribution < 1.29 is 9.90 Å². The molecular weight excluding hydrogens is 238 g/mol. The van der Waals surface area contributed by atoms with Gasteiger partial charge < -0.3 is 10.4 Å². The highest BCUT2D eigenvalue weighted by Crippen LogP contribution is 2.27. The number of hydrogen-bond acceptors (Lipinski definition) is 2. The molecule has 2 rings (SSSR count). The number of carbonyl (C=O) groups excluding carboxylic acids is 1. The predicted octanol–water partition coefficient (Wildman–Crippen LogP) is 3.16. The predicted molar refractivity (Wildman–Crippen MR) is 76.8 cm³/mol. The molecule has 2 N–H and O–H groups in total. The molecule has 3 nitrogen and oxygen atoms in total. The molecule has 0 bridgehead atoms. The van der Waals surface area contributed by atoms with Crippen LogP contribution in [0.25, 0.3) is 0 Å². The van der Waals surface area contributed by atoms with Crippen LogP contribution >= 0.6 is 0 Å². The highest BCUT2D eigenvalue weighted by molar-refractivity contribution is 5.76. The molecule has 19 heavy (non-hydrogen) atoms. The fraction of sp³-hybridized carbons (Fsp3) is 0.938. The summed E-state index contributed by atoms with van der Waals surface area (Å²) in [6, 6.07) is 0.00126. The van der Waals surface area contributed by atoms with E-state index in [1.54, 1.807) is 0 Å². The Labute approximate surface area is 117 Å². The largest absolute Gasteiger partial charge is 0.391 e. The van der Waals surface area contributed by atoms with Crippen molar-refractivity contribution in [2.24, 2.45) is 5.92 Å². The molecule has 1 amide bonds. The fourth-order valence-electron chi connectivity index (χ4n) is 3.55. The van der Waals surface area contributed by atoms with Crippen molar-refractivity contribution in [2.75, 3.05) is 0 Å². The van der Waals surface area contributed by atoms with Gasteiger partial charge in [-0.25, -0.2) is 0 Å². The lowest BCUT2D eigenvalue weighted by molar-refractivity contribution is -0.123. The third-order valence-corrected chi connectivity index (χ3v) is 4.83. The second-order valence-corrected chi connectivity index (χ2v) is 6.42. The molecule has 2 unspecified atom stereocenters. The molecule has 110 valence electrons. The maximum absolute atomic E-state index is 12.0. The van der Waals surface area contributed by atoms with Gasteiger partial charge in [0.15, 0.2) is 0 Å². The molecule has 3 heteroatoms. The molecule has 2 aliphatic rings. The second-order valence-electron chi connectivity index (χ2n) is 6.42. The zero-order valence-electron chi connectivity index (χ0n) is 12.1. The lowest BCUT2D eigenvalue weighted by atomic mass is 9.86. The molecular formula is C16H29NO2. The number of aliphatic hydroxyl groups is 1. The minimum absolute atomic E-state index is 0.00126. The number of amides is 1. The van der Waals surface area contributed by atoms with E-state index in [0.717, 1.165) is 38.0 Å². The van der Waals surface area contributed by atoms with E-state index in [-0.39, 0.29) is 18.1 Å². The quantitative estimate of drug-likeness (QED) is 0.769. The Bertz CT molecular complexity index is 274. The summed E-state index contributed by atoms with van der Waals surface area (Å²) in [7, 11) is 0. The average Bonchev–Trinajstić information content (AvgIpc) is 2.63. The number of carbonyl (C=O) groups is 1. The highest BCUT2D eigenvalue weighted by Gasteiger charge is 2.23. The third kappa shape index (κ3) is 5.13.